The predicted octanol–water partition coefficient (Wildman–Crippen LogP) is -1.02. The van der Waals surface area contributed by atoms with Gasteiger partial charge in [0.15, 0.2) is 21.3 Å². The van der Waals surface area contributed by atoms with Crippen molar-refractivity contribution in [3.05, 3.63) is 35.2 Å². The third-order valence-corrected chi connectivity index (χ3v) is 7.73. The standard InChI is InChI=1S/C17H20N4O6S/c1-17(2)12(16(24)25)21-14(23)11(15(21)28(17,26)27)8-10-7-9(3-5-19-10)13(22)20-6-4-18/h3,5,7-8,12,15H,4,6,18H2,1-2H3,(H,20,22)(H,24,25)/b11-8-/t12-,15+/m0/s1. The number of amides is 2. The Labute approximate surface area is 161 Å². The van der Waals surface area contributed by atoms with Crippen molar-refractivity contribution in [2.24, 2.45) is 5.73 Å². The molecule has 2 aliphatic rings. The molecular weight excluding hydrogens is 388 g/mol. The van der Waals surface area contributed by atoms with E-state index in [1.54, 1.807) is 0 Å². The maximum atomic E-state index is 12.8. The molecule has 3 rings (SSSR count). The highest BCUT2D eigenvalue weighted by Gasteiger charge is 2.70. The maximum absolute atomic E-state index is 12.8. The molecule has 4 N–H and O–H groups in total. The van der Waals surface area contributed by atoms with E-state index in [9.17, 15) is 27.9 Å². The van der Waals surface area contributed by atoms with E-state index in [1.807, 2.05) is 0 Å². The van der Waals surface area contributed by atoms with Crippen LogP contribution in [0.5, 0.6) is 0 Å². The van der Waals surface area contributed by atoms with Gasteiger partial charge in [-0.15, -0.1) is 0 Å². The average Bonchev–Trinajstić information content (AvgIpc) is 2.78. The zero-order valence-corrected chi connectivity index (χ0v) is 16.1. The van der Waals surface area contributed by atoms with Gasteiger partial charge in [-0.1, -0.05) is 0 Å². The van der Waals surface area contributed by atoms with Gasteiger partial charge in [0.25, 0.3) is 11.8 Å². The largest absolute Gasteiger partial charge is 0.480 e. The summed E-state index contributed by atoms with van der Waals surface area (Å²) in [7, 11) is -3.97. The van der Waals surface area contributed by atoms with Crippen LogP contribution in [0.15, 0.2) is 23.9 Å². The molecule has 11 heteroatoms. The zero-order chi connectivity index (χ0) is 20.9. The summed E-state index contributed by atoms with van der Waals surface area (Å²) in [6.45, 7) is 3.16. The molecule has 2 fully saturated rings. The number of hydrogen-bond acceptors (Lipinski definition) is 7. The van der Waals surface area contributed by atoms with Crippen LogP contribution in [0.3, 0.4) is 0 Å². The van der Waals surface area contributed by atoms with Crippen molar-refractivity contribution < 1.29 is 27.9 Å². The number of pyridine rings is 1. The van der Waals surface area contributed by atoms with E-state index in [2.05, 4.69) is 10.3 Å². The number of nitrogens with zero attached hydrogens (tertiary/aromatic N) is 2. The molecule has 0 radical (unpaired) electrons. The summed E-state index contributed by atoms with van der Waals surface area (Å²) in [5.74, 6) is -2.43. The number of nitrogens with one attached hydrogen (secondary N) is 1. The Morgan fingerprint density at radius 2 is 2.11 bits per heavy atom. The van der Waals surface area contributed by atoms with Gasteiger partial charge in [0.1, 0.15) is 4.75 Å². The topological polar surface area (TPSA) is 160 Å². The quantitative estimate of drug-likeness (QED) is 0.412. The number of carboxylic acids is 1. The minimum Gasteiger partial charge on any atom is -0.480 e. The fourth-order valence-electron chi connectivity index (χ4n) is 3.46. The lowest BCUT2D eigenvalue weighted by atomic mass is 9.95. The summed E-state index contributed by atoms with van der Waals surface area (Å²) < 4.78 is 24.0. The van der Waals surface area contributed by atoms with Gasteiger partial charge in [-0.2, -0.15) is 0 Å². The van der Waals surface area contributed by atoms with Crippen LogP contribution < -0.4 is 11.1 Å². The molecule has 0 unspecified atom stereocenters. The van der Waals surface area contributed by atoms with Crippen LogP contribution in [0, 0.1) is 0 Å². The van der Waals surface area contributed by atoms with Gasteiger partial charge in [-0.05, 0) is 32.1 Å². The van der Waals surface area contributed by atoms with Crippen molar-refractivity contribution >= 4 is 33.7 Å². The number of aliphatic carboxylic acids is 1. The molecule has 0 bridgehead atoms. The highest BCUT2D eigenvalue weighted by Crippen LogP contribution is 2.48. The summed E-state index contributed by atoms with van der Waals surface area (Å²) >= 11 is 0. The number of rotatable bonds is 5. The first-order valence-electron chi connectivity index (χ1n) is 8.49. The van der Waals surface area contributed by atoms with Crippen LogP contribution in [-0.2, 0) is 19.4 Å². The summed E-state index contributed by atoms with van der Waals surface area (Å²) in [5, 5.41) is 10.7. The number of sulfone groups is 1. The molecule has 3 heterocycles. The van der Waals surface area contributed by atoms with Crippen LogP contribution >= 0.6 is 0 Å². The summed E-state index contributed by atoms with van der Waals surface area (Å²) in [6.07, 6.45) is 2.64. The highest BCUT2D eigenvalue weighted by atomic mass is 32.2. The molecule has 28 heavy (non-hydrogen) atoms. The number of hydrogen-bond donors (Lipinski definition) is 3. The SMILES string of the molecule is CC1(C)[C@H](C(=O)O)N2C(=O)/C(=C/c3cc(C(=O)NCCN)ccn3)[C@H]2S1(=O)=O. The zero-order valence-electron chi connectivity index (χ0n) is 15.2. The van der Waals surface area contributed by atoms with E-state index in [1.165, 1.54) is 38.3 Å². The second-order valence-corrected chi connectivity index (χ2v) is 9.66. The van der Waals surface area contributed by atoms with Crippen molar-refractivity contribution in [1.82, 2.24) is 15.2 Å². The van der Waals surface area contributed by atoms with Gasteiger partial charge in [0.05, 0.1) is 11.3 Å². The van der Waals surface area contributed by atoms with E-state index < -0.39 is 37.9 Å². The molecule has 2 aliphatic heterocycles. The van der Waals surface area contributed by atoms with Gasteiger partial charge in [0.2, 0.25) is 0 Å². The molecule has 0 aromatic carbocycles. The van der Waals surface area contributed by atoms with Crippen molar-refractivity contribution in [2.45, 2.75) is 30.0 Å². The van der Waals surface area contributed by atoms with Gasteiger partial charge >= 0.3 is 5.97 Å². The number of aromatic nitrogens is 1. The van der Waals surface area contributed by atoms with Gasteiger partial charge in [-0.25, -0.2) is 13.2 Å². The predicted molar refractivity (Wildman–Crippen MR) is 98.7 cm³/mol. The summed E-state index contributed by atoms with van der Waals surface area (Å²) in [5.41, 5.74) is 5.77. The van der Waals surface area contributed by atoms with Crippen molar-refractivity contribution in [2.75, 3.05) is 13.1 Å². The number of β-lactam (4-membered cyclic amide) rings is 1. The Bertz CT molecular complexity index is 1000. The van der Waals surface area contributed by atoms with Crippen LogP contribution in [0.25, 0.3) is 6.08 Å². The van der Waals surface area contributed by atoms with Crippen molar-refractivity contribution in [3.8, 4) is 0 Å². The molecule has 150 valence electrons. The minimum absolute atomic E-state index is 0.0659. The normalized spacial score (nSPS) is 25.9. The van der Waals surface area contributed by atoms with E-state index in [4.69, 9.17) is 5.73 Å². The second kappa shape index (κ2) is 6.67. The van der Waals surface area contributed by atoms with E-state index >= 15 is 0 Å². The van der Waals surface area contributed by atoms with E-state index in [-0.39, 0.29) is 35.8 Å². The lowest BCUT2D eigenvalue weighted by molar-refractivity contribution is -0.152. The number of carboxylic acid groups (broad SMARTS) is 1. The molecule has 2 saturated heterocycles. The van der Waals surface area contributed by atoms with Crippen LogP contribution in [0.1, 0.15) is 29.9 Å². The summed E-state index contributed by atoms with van der Waals surface area (Å²) in [4.78, 5) is 41.0. The fraction of sp³-hybridized carbons (Fsp3) is 0.412. The molecule has 0 spiro atoms. The van der Waals surface area contributed by atoms with E-state index in [0.29, 0.717) is 0 Å². The average molecular weight is 408 g/mol. The highest BCUT2D eigenvalue weighted by molar-refractivity contribution is 7.94. The number of carbonyl (C=O) groups is 3. The van der Waals surface area contributed by atoms with Gasteiger partial charge in [-0.3, -0.25) is 14.6 Å². The Hall–Kier alpha value is -2.79. The third kappa shape index (κ3) is 2.78. The molecule has 2 atom stereocenters. The van der Waals surface area contributed by atoms with Gasteiger partial charge in [0, 0.05) is 24.8 Å². The molecule has 0 aliphatic carbocycles. The smallest absolute Gasteiger partial charge is 0.328 e. The molecule has 1 aromatic heterocycles. The molecule has 1 aromatic rings. The Morgan fingerprint density at radius 3 is 2.71 bits per heavy atom. The maximum Gasteiger partial charge on any atom is 0.328 e. The number of carbonyl (C=O) groups excluding carboxylic acids is 2. The first-order valence-corrected chi connectivity index (χ1v) is 10.0. The molecule has 10 nitrogen and oxygen atoms in total. The first-order chi connectivity index (χ1) is 13.0. The van der Waals surface area contributed by atoms with Crippen LogP contribution in [0.2, 0.25) is 0 Å². The lowest BCUT2D eigenvalue weighted by Gasteiger charge is -2.37. The third-order valence-electron chi connectivity index (χ3n) is 4.97. The second-order valence-electron chi connectivity index (χ2n) is 7.07. The Kier molecular flexibility index (Phi) is 4.76. The first kappa shape index (κ1) is 20.0. The molecular formula is C17H20N4O6S. The van der Waals surface area contributed by atoms with Crippen molar-refractivity contribution in [1.29, 1.82) is 0 Å². The lowest BCUT2D eigenvalue weighted by Crippen LogP contribution is -2.58. The summed E-state index contributed by atoms with van der Waals surface area (Å²) in [6, 6.07) is 1.42. The number of fused-ring (bicyclic) bond motifs is 1. The molecule has 0 saturated carbocycles. The monoisotopic (exact) mass is 408 g/mol. The van der Waals surface area contributed by atoms with Gasteiger partial charge < -0.3 is 21.1 Å². The van der Waals surface area contributed by atoms with E-state index in [0.717, 1.165) is 4.90 Å². The molecule has 2 amide bonds. The van der Waals surface area contributed by atoms with Crippen LogP contribution in [-0.4, -0.2) is 70.4 Å². The fourth-order valence-corrected chi connectivity index (χ4v) is 5.58. The minimum atomic E-state index is -3.97. The Balaban J connectivity index is 1.97. The Morgan fingerprint density at radius 1 is 1.43 bits per heavy atom. The number of nitrogens with two attached hydrogens (primary N) is 1. The van der Waals surface area contributed by atoms with Crippen molar-refractivity contribution in [3.63, 3.8) is 0 Å². The van der Waals surface area contributed by atoms with Crippen LogP contribution in [0.4, 0.5) is 0 Å².